The van der Waals surface area contributed by atoms with E-state index >= 15 is 0 Å². The molecule has 6 nitrogen and oxygen atoms in total. The number of hydrogen-bond acceptors (Lipinski definition) is 4. The van der Waals surface area contributed by atoms with E-state index in [0.29, 0.717) is 22.5 Å². The molecule has 0 bridgehead atoms. The van der Waals surface area contributed by atoms with E-state index < -0.39 is 0 Å². The molecule has 52 heavy (non-hydrogen) atoms. The van der Waals surface area contributed by atoms with Crippen LogP contribution >= 0.6 is 0 Å². The first-order valence-corrected chi connectivity index (χ1v) is 16.7. The average Bonchev–Trinajstić information content (AvgIpc) is 3.20. The first-order valence-electron chi connectivity index (χ1n) is 16.7. The Morgan fingerprint density at radius 1 is 0.442 bits per heavy atom. The molecule has 0 fully saturated rings. The lowest BCUT2D eigenvalue weighted by Gasteiger charge is -2.30. The van der Waals surface area contributed by atoms with Crippen LogP contribution in [0.4, 0.5) is 45.5 Å². The van der Waals surface area contributed by atoms with Crippen LogP contribution in [0.25, 0.3) is 42.0 Å². The number of benzene rings is 8. The second kappa shape index (κ2) is 12.7. The number of rotatable bonds is 6. The van der Waals surface area contributed by atoms with Crippen molar-refractivity contribution in [2.75, 3.05) is 9.80 Å². The predicted molar refractivity (Wildman–Crippen MR) is 211 cm³/mol. The smallest absolute Gasteiger partial charge is 0.187 e. The lowest BCUT2D eigenvalue weighted by Crippen LogP contribution is -2.12. The first kappa shape index (κ1) is 31.6. The molecule has 0 N–H and O–H groups in total. The van der Waals surface area contributed by atoms with Gasteiger partial charge in [0.15, 0.2) is 11.4 Å². The van der Waals surface area contributed by atoms with E-state index in [-0.39, 0.29) is 0 Å². The molecule has 0 saturated carbocycles. The zero-order valence-corrected chi connectivity index (χ0v) is 28.4. The van der Waals surface area contributed by atoms with Gasteiger partial charge in [0.1, 0.15) is 0 Å². The zero-order chi connectivity index (χ0) is 35.9. The van der Waals surface area contributed by atoms with Gasteiger partial charge in [-0.2, -0.15) is 10.5 Å². The summed E-state index contributed by atoms with van der Waals surface area (Å²) in [5.74, 6) is 0. The Bertz CT molecular complexity index is 2510. The lowest BCUT2D eigenvalue weighted by molar-refractivity contribution is 1.28. The molecule has 0 radical (unpaired) electrons. The van der Waals surface area contributed by atoms with Crippen molar-refractivity contribution in [3.05, 3.63) is 179 Å². The van der Waals surface area contributed by atoms with Gasteiger partial charge in [-0.25, -0.2) is 9.69 Å². The van der Waals surface area contributed by atoms with Crippen LogP contribution < -0.4 is 9.80 Å². The summed E-state index contributed by atoms with van der Waals surface area (Å²) in [6, 6.07) is 48.1. The second-order valence-electron chi connectivity index (χ2n) is 12.7. The molecule has 0 amide bonds. The summed E-state index contributed by atoms with van der Waals surface area (Å²) in [4.78, 5) is 11.6. The Morgan fingerprint density at radius 2 is 0.750 bits per heavy atom. The van der Waals surface area contributed by atoms with Crippen molar-refractivity contribution in [2.24, 2.45) is 0 Å². The topological polar surface area (TPSA) is 62.8 Å². The highest BCUT2D eigenvalue weighted by molar-refractivity contribution is 6.29. The van der Waals surface area contributed by atoms with E-state index in [1.54, 1.807) is 0 Å². The van der Waals surface area contributed by atoms with Gasteiger partial charge >= 0.3 is 0 Å². The third-order valence-electron chi connectivity index (χ3n) is 9.73. The summed E-state index contributed by atoms with van der Waals surface area (Å²) in [5.41, 5.74) is 10.1. The van der Waals surface area contributed by atoms with Gasteiger partial charge in [-0.05, 0) is 131 Å². The molecular formula is C46H28N6. The zero-order valence-electron chi connectivity index (χ0n) is 28.4. The fourth-order valence-corrected chi connectivity index (χ4v) is 7.25. The van der Waals surface area contributed by atoms with Crippen LogP contribution in [0.5, 0.6) is 0 Å². The van der Waals surface area contributed by atoms with E-state index in [4.69, 9.17) is 13.1 Å². The van der Waals surface area contributed by atoms with Crippen LogP contribution in [0.2, 0.25) is 0 Å². The summed E-state index contributed by atoms with van der Waals surface area (Å²) in [5, 5.41) is 25.8. The molecule has 0 unspecified atom stereocenters. The molecule has 8 aromatic carbocycles. The second-order valence-corrected chi connectivity index (χ2v) is 12.7. The van der Waals surface area contributed by atoms with Crippen LogP contribution in [-0.4, -0.2) is 0 Å². The maximum absolute atomic E-state index is 9.55. The molecule has 8 aromatic rings. The van der Waals surface area contributed by atoms with Crippen molar-refractivity contribution in [1.82, 2.24) is 0 Å². The standard InChI is InChI=1S/C46H28N6/c1-29-25-43(51(35-13-5-31(27-47)6-14-35)36-15-7-32(28-48)8-16-36)41-23-21-40-30(2)26-44(42-24-22-39(29)45(41)46(40)42)52(37-17-9-33(49-3)10-18-37)38-19-11-34(50-4)12-20-38/h5-26H,1-2H3. The first-order chi connectivity index (χ1) is 25.4. The minimum Gasteiger partial charge on any atom is -0.310 e. The van der Waals surface area contributed by atoms with Gasteiger partial charge in [-0.3, -0.25) is 0 Å². The number of anilines is 6. The van der Waals surface area contributed by atoms with Crippen LogP contribution in [-0.2, 0) is 0 Å². The molecule has 0 saturated heterocycles. The number of nitriles is 2. The quantitative estimate of drug-likeness (QED) is 0.131. The van der Waals surface area contributed by atoms with Gasteiger partial charge in [0.25, 0.3) is 0 Å². The van der Waals surface area contributed by atoms with Crippen molar-refractivity contribution < 1.29 is 0 Å². The van der Waals surface area contributed by atoms with Crippen molar-refractivity contribution >= 4 is 77.8 Å². The average molecular weight is 665 g/mol. The molecule has 8 rings (SSSR count). The maximum atomic E-state index is 9.55. The third kappa shape index (κ3) is 5.17. The minimum atomic E-state index is 0.565. The Hall–Kier alpha value is -7.64. The summed E-state index contributed by atoms with van der Waals surface area (Å²) in [6.45, 7) is 19.3. The number of aryl methyl sites for hydroxylation is 2. The van der Waals surface area contributed by atoms with E-state index in [2.05, 4.69) is 81.9 Å². The Balaban J connectivity index is 1.43. The van der Waals surface area contributed by atoms with E-state index in [1.807, 2.05) is 97.1 Å². The Morgan fingerprint density at radius 3 is 1.06 bits per heavy atom. The summed E-state index contributed by atoms with van der Waals surface area (Å²) in [7, 11) is 0. The highest BCUT2D eigenvalue weighted by Gasteiger charge is 2.23. The van der Waals surface area contributed by atoms with Crippen molar-refractivity contribution in [2.45, 2.75) is 13.8 Å². The van der Waals surface area contributed by atoms with Gasteiger partial charge < -0.3 is 9.80 Å². The van der Waals surface area contributed by atoms with Crippen LogP contribution in [0, 0.1) is 49.7 Å². The molecule has 6 heteroatoms. The summed E-state index contributed by atoms with van der Waals surface area (Å²) >= 11 is 0. The third-order valence-corrected chi connectivity index (χ3v) is 9.73. The fourth-order valence-electron chi connectivity index (χ4n) is 7.25. The molecular weight excluding hydrogens is 637 g/mol. The molecule has 0 heterocycles. The van der Waals surface area contributed by atoms with Crippen LogP contribution in [0.1, 0.15) is 22.3 Å². The molecule has 0 atom stereocenters. The largest absolute Gasteiger partial charge is 0.310 e. The van der Waals surface area contributed by atoms with E-state index in [9.17, 15) is 10.5 Å². The SMILES string of the molecule is [C-]#[N+]c1ccc(N(c2ccc([N+]#[C-])cc2)c2cc(C)c3ccc4c(N(c5ccc(C#N)cc5)c5ccc(C#N)cc5)cc(C)c5ccc2c3c54)cc1. The Labute approximate surface area is 301 Å². The van der Waals surface area contributed by atoms with E-state index in [0.717, 1.165) is 77.6 Å². The van der Waals surface area contributed by atoms with Gasteiger partial charge in [-0.15, -0.1) is 0 Å². The molecule has 0 aliphatic rings. The normalized spacial score (nSPS) is 10.8. The maximum Gasteiger partial charge on any atom is 0.187 e. The van der Waals surface area contributed by atoms with Gasteiger partial charge in [0.2, 0.25) is 0 Å². The summed E-state index contributed by atoms with van der Waals surface area (Å²) in [6.07, 6.45) is 0. The highest BCUT2D eigenvalue weighted by atomic mass is 15.1. The summed E-state index contributed by atoms with van der Waals surface area (Å²) < 4.78 is 0. The minimum absolute atomic E-state index is 0.565. The van der Waals surface area contributed by atoms with Crippen molar-refractivity contribution in [3.63, 3.8) is 0 Å². The van der Waals surface area contributed by atoms with Gasteiger partial charge in [0.05, 0.1) is 47.8 Å². The van der Waals surface area contributed by atoms with Crippen molar-refractivity contribution in [3.8, 4) is 12.1 Å². The lowest BCUT2D eigenvalue weighted by atomic mass is 9.88. The van der Waals surface area contributed by atoms with Gasteiger partial charge in [0, 0.05) is 33.5 Å². The number of nitrogens with zero attached hydrogens (tertiary/aromatic N) is 6. The van der Waals surface area contributed by atoms with Crippen molar-refractivity contribution in [1.29, 1.82) is 10.5 Å². The molecule has 0 spiro atoms. The van der Waals surface area contributed by atoms with E-state index in [1.165, 1.54) is 0 Å². The van der Waals surface area contributed by atoms with Crippen LogP contribution in [0.3, 0.4) is 0 Å². The van der Waals surface area contributed by atoms with Gasteiger partial charge in [-0.1, -0.05) is 48.5 Å². The highest BCUT2D eigenvalue weighted by Crippen LogP contribution is 2.49. The Kier molecular flexibility index (Phi) is 7.70. The van der Waals surface area contributed by atoms with Crippen LogP contribution in [0.15, 0.2) is 133 Å². The predicted octanol–water partition coefficient (Wildman–Crippen LogP) is 13.0. The fraction of sp³-hybridized carbons (Fsp3) is 0.0435. The molecule has 0 aliphatic carbocycles. The molecule has 0 aromatic heterocycles. The monoisotopic (exact) mass is 664 g/mol. The number of hydrogen-bond donors (Lipinski definition) is 0. The molecule has 0 aliphatic heterocycles. The molecule has 242 valence electrons.